The first-order valence-corrected chi connectivity index (χ1v) is 6.24. The van der Waals surface area contributed by atoms with Crippen LogP contribution in [0.1, 0.15) is 11.3 Å². The van der Waals surface area contributed by atoms with Gasteiger partial charge in [0.1, 0.15) is 0 Å². The Morgan fingerprint density at radius 3 is 2.71 bits per heavy atom. The Morgan fingerprint density at radius 1 is 1.47 bits per heavy atom. The van der Waals surface area contributed by atoms with Crippen LogP contribution in [0.4, 0.5) is 0 Å². The molecular weight excluding hydrogens is 262 g/mol. The van der Waals surface area contributed by atoms with Crippen LogP contribution in [0.3, 0.4) is 0 Å². The Bertz CT molecular complexity index is 408. The zero-order valence-corrected chi connectivity index (χ0v) is 10.7. The lowest BCUT2D eigenvalue weighted by Crippen LogP contribution is -2.43. The number of halogens is 1. The Balaban J connectivity index is 2.26. The zero-order chi connectivity index (χ0) is 12.8. The third kappa shape index (κ3) is 5.16. The van der Waals surface area contributed by atoms with Crippen molar-refractivity contribution >= 4 is 34.8 Å². The van der Waals surface area contributed by atoms with E-state index in [1.54, 1.807) is 0 Å². The summed E-state index contributed by atoms with van der Waals surface area (Å²) in [5, 5.41) is 2.64. The molecule has 0 spiro atoms. The third-order valence-electron chi connectivity index (χ3n) is 2.06. The Hall–Kier alpha value is -1.11. The minimum Gasteiger partial charge on any atom is -0.370 e. The molecule has 5 nitrogen and oxygen atoms in total. The normalized spacial score (nSPS) is 12.1. The van der Waals surface area contributed by atoms with Crippen molar-refractivity contribution in [3.8, 4) is 0 Å². The summed E-state index contributed by atoms with van der Waals surface area (Å²) in [4.78, 5) is 23.1. The lowest BCUT2D eigenvalue weighted by Gasteiger charge is -2.09. The second kappa shape index (κ2) is 6.58. The number of carbonyl (C=O) groups excluding carboxylic acids is 2. The van der Waals surface area contributed by atoms with Crippen molar-refractivity contribution in [1.29, 1.82) is 0 Å². The van der Waals surface area contributed by atoms with Crippen molar-refractivity contribution < 1.29 is 9.59 Å². The monoisotopic (exact) mass is 275 g/mol. The van der Waals surface area contributed by atoms with Crippen LogP contribution < -0.4 is 16.8 Å². The number of thiophene rings is 1. The van der Waals surface area contributed by atoms with E-state index in [-0.39, 0.29) is 12.3 Å². The lowest BCUT2D eigenvalue weighted by atomic mass is 10.2. The molecule has 0 aromatic carbocycles. The largest absolute Gasteiger partial charge is 0.370 e. The molecule has 0 radical (unpaired) electrons. The average Bonchev–Trinajstić information content (AvgIpc) is 2.63. The number of amides is 2. The van der Waals surface area contributed by atoms with Crippen molar-refractivity contribution in [2.24, 2.45) is 11.5 Å². The summed E-state index contributed by atoms with van der Waals surface area (Å²) in [5.41, 5.74) is 10.4. The van der Waals surface area contributed by atoms with E-state index in [0.29, 0.717) is 13.0 Å². The van der Waals surface area contributed by atoms with Gasteiger partial charge in [-0.1, -0.05) is 11.6 Å². The van der Waals surface area contributed by atoms with Crippen LogP contribution in [0.2, 0.25) is 4.34 Å². The Labute approximate surface area is 108 Å². The van der Waals surface area contributed by atoms with E-state index in [2.05, 4.69) is 5.32 Å². The molecule has 94 valence electrons. The molecular formula is C10H14ClN3O2S. The number of rotatable bonds is 6. The van der Waals surface area contributed by atoms with E-state index in [9.17, 15) is 9.59 Å². The predicted molar refractivity (Wildman–Crippen MR) is 67.8 cm³/mol. The van der Waals surface area contributed by atoms with Gasteiger partial charge in [-0.15, -0.1) is 11.3 Å². The molecule has 2 amide bonds. The smallest absolute Gasteiger partial charge is 0.237 e. The first-order valence-electron chi connectivity index (χ1n) is 5.05. The summed E-state index contributed by atoms with van der Waals surface area (Å²) in [6.45, 7) is 0.460. The highest BCUT2D eigenvalue weighted by molar-refractivity contribution is 7.16. The maximum Gasteiger partial charge on any atom is 0.237 e. The van der Waals surface area contributed by atoms with Gasteiger partial charge in [-0.05, 0) is 18.6 Å². The van der Waals surface area contributed by atoms with Gasteiger partial charge in [0, 0.05) is 11.4 Å². The molecule has 0 aliphatic carbocycles. The Morgan fingerprint density at radius 2 is 2.18 bits per heavy atom. The molecule has 7 heteroatoms. The second-order valence-corrected chi connectivity index (χ2v) is 5.32. The molecule has 1 aromatic heterocycles. The zero-order valence-electron chi connectivity index (χ0n) is 9.11. The van der Waals surface area contributed by atoms with Gasteiger partial charge in [-0.3, -0.25) is 9.59 Å². The highest BCUT2D eigenvalue weighted by Crippen LogP contribution is 2.21. The number of carbonyl (C=O) groups is 2. The third-order valence-corrected chi connectivity index (χ3v) is 3.35. The molecule has 0 saturated heterocycles. The molecule has 5 N–H and O–H groups in total. The van der Waals surface area contributed by atoms with Crippen LogP contribution >= 0.6 is 22.9 Å². The standard InChI is InChI=1S/C10H14ClN3O2S/c11-8-2-1-6(17-8)3-4-14-10(16)7(12)5-9(13)15/h1-2,7H,3-5,12H2,(H2,13,15)(H,14,16). The minimum atomic E-state index is -0.876. The van der Waals surface area contributed by atoms with Crippen molar-refractivity contribution in [2.45, 2.75) is 18.9 Å². The predicted octanol–water partition coefficient (Wildman–Crippen LogP) is 0.263. The lowest BCUT2D eigenvalue weighted by molar-refractivity contribution is -0.126. The SMILES string of the molecule is NC(=O)CC(N)C(=O)NCCc1ccc(Cl)s1. The highest BCUT2D eigenvalue weighted by atomic mass is 35.5. The van der Waals surface area contributed by atoms with Gasteiger partial charge in [0.05, 0.1) is 16.8 Å². The van der Waals surface area contributed by atoms with Gasteiger partial charge in [-0.25, -0.2) is 0 Å². The topological polar surface area (TPSA) is 98.2 Å². The summed E-state index contributed by atoms with van der Waals surface area (Å²) in [7, 11) is 0. The van der Waals surface area contributed by atoms with E-state index in [0.717, 1.165) is 9.21 Å². The van der Waals surface area contributed by atoms with Crippen LogP contribution in [0, 0.1) is 0 Å². The number of nitrogens with one attached hydrogen (secondary N) is 1. The van der Waals surface area contributed by atoms with Crippen LogP contribution in [0.25, 0.3) is 0 Å². The van der Waals surface area contributed by atoms with Gasteiger partial charge in [0.25, 0.3) is 0 Å². The molecule has 1 heterocycles. The van der Waals surface area contributed by atoms with Gasteiger partial charge < -0.3 is 16.8 Å². The maximum atomic E-state index is 11.4. The highest BCUT2D eigenvalue weighted by Gasteiger charge is 2.15. The van der Waals surface area contributed by atoms with Gasteiger partial charge in [0.15, 0.2) is 0 Å². The van der Waals surface area contributed by atoms with Crippen LogP contribution in [-0.4, -0.2) is 24.4 Å². The summed E-state index contributed by atoms with van der Waals surface area (Å²) >= 11 is 7.24. The van der Waals surface area contributed by atoms with E-state index < -0.39 is 11.9 Å². The fraction of sp³-hybridized carbons (Fsp3) is 0.400. The van der Waals surface area contributed by atoms with E-state index in [4.69, 9.17) is 23.1 Å². The molecule has 0 aliphatic heterocycles. The first kappa shape index (κ1) is 14.0. The summed E-state index contributed by atoms with van der Waals surface area (Å²) < 4.78 is 0.719. The van der Waals surface area contributed by atoms with Crippen LogP contribution in [0.5, 0.6) is 0 Å². The molecule has 1 unspecified atom stereocenters. The molecule has 1 aromatic rings. The van der Waals surface area contributed by atoms with Crippen LogP contribution in [0.15, 0.2) is 12.1 Å². The molecule has 1 atom stereocenters. The molecule has 0 aliphatic rings. The molecule has 0 fully saturated rings. The molecule has 1 rings (SSSR count). The van der Waals surface area contributed by atoms with Gasteiger partial charge >= 0.3 is 0 Å². The number of hydrogen-bond acceptors (Lipinski definition) is 4. The van der Waals surface area contributed by atoms with Crippen LogP contribution in [-0.2, 0) is 16.0 Å². The average molecular weight is 276 g/mol. The van der Waals surface area contributed by atoms with Crippen molar-refractivity contribution in [3.63, 3.8) is 0 Å². The number of hydrogen-bond donors (Lipinski definition) is 3. The fourth-order valence-corrected chi connectivity index (χ4v) is 2.32. The van der Waals surface area contributed by atoms with Gasteiger partial charge in [0.2, 0.25) is 11.8 Å². The fourth-order valence-electron chi connectivity index (χ4n) is 1.24. The first-order chi connectivity index (χ1) is 7.99. The number of nitrogens with two attached hydrogens (primary N) is 2. The van der Waals surface area contributed by atoms with Gasteiger partial charge in [-0.2, -0.15) is 0 Å². The van der Waals surface area contributed by atoms with E-state index >= 15 is 0 Å². The van der Waals surface area contributed by atoms with E-state index in [1.165, 1.54) is 11.3 Å². The maximum absolute atomic E-state index is 11.4. The van der Waals surface area contributed by atoms with Crippen molar-refractivity contribution in [3.05, 3.63) is 21.3 Å². The second-order valence-electron chi connectivity index (χ2n) is 3.52. The summed E-state index contributed by atoms with van der Waals surface area (Å²) in [5.74, 6) is -0.954. The minimum absolute atomic E-state index is 0.142. The summed E-state index contributed by atoms with van der Waals surface area (Å²) in [6.07, 6.45) is 0.545. The molecule has 0 bridgehead atoms. The quantitative estimate of drug-likeness (QED) is 0.695. The molecule has 0 saturated carbocycles. The summed E-state index contributed by atoms with van der Waals surface area (Å²) in [6, 6.07) is 2.84. The number of primary amides is 1. The Kier molecular flexibility index (Phi) is 5.40. The van der Waals surface area contributed by atoms with Crippen molar-refractivity contribution in [1.82, 2.24) is 5.32 Å². The van der Waals surface area contributed by atoms with Crippen molar-refractivity contribution in [2.75, 3.05) is 6.54 Å². The van der Waals surface area contributed by atoms with E-state index in [1.807, 2.05) is 12.1 Å². The molecule has 17 heavy (non-hydrogen) atoms.